The third kappa shape index (κ3) is 3.72. The van der Waals surface area contributed by atoms with Crippen LogP contribution in [0.3, 0.4) is 0 Å². The predicted molar refractivity (Wildman–Crippen MR) is 65.6 cm³/mol. The molecule has 1 rings (SSSR count). The zero-order chi connectivity index (χ0) is 12.0. The lowest BCUT2D eigenvalue weighted by atomic mass is 10.2. The quantitative estimate of drug-likeness (QED) is 0.615. The van der Waals surface area contributed by atoms with Crippen molar-refractivity contribution in [2.45, 2.75) is 13.3 Å². The number of ether oxygens (including phenoxy) is 1. The normalized spacial score (nSPS) is 10.1. The second kappa shape index (κ2) is 6.35. The Labute approximate surface area is 99.7 Å². The van der Waals surface area contributed by atoms with Crippen LogP contribution in [0.1, 0.15) is 13.3 Å². The molecule has 0 bridgehead atoms. The van der Waals surface area contributed by atoms with Gasteiger partial charge in [0.25, 0.3) is 0 Å². The van der Waals surface area contributed by atoms with Crippen LogP contribution < -0.4 is 11.1 Å². The van der Waals surface area contributed by atoms with E-state index < -0.39 is 0 Å². The summed E-state index contributed by atoms with van der Waals surface area (Å²) in [7, 11) is 0. The lowest BCUT2D eigenvalue weighted by Crippen LogP contribution is -2.19. The van der Waals surface area contributed by atoms with E-state index in [0.717, 1.165) is 6.42 Å². The number of halogens is 1. The fourth-order valence-electron chi connectivity index (χ4n) is 1.16. The molecule has 0 aromatic heterocycles. The van der Waals surface area contributed by atoms with Gasteiger partial charge in [0.05, 0.1) is 16.4 Å². The van der Waals surface area contributed by atoms with Crippen LogP contribution in [0.5, 0.6) is 0 Å². The summed E-state index contributed by atoms with van der Waals surface area (Å²) in [6.45, 7) is 2.55. The van der Waals surface area contributed by atoms with Crippen molar-refractivity contribution in [2.75, 3.05) is 24.3 Å². The minimum absolute atomic E-state index is 0.0124. The smallest absolute Gasteiger partial charge is 0.250 e. The molecule has 1 aromatic carbocycles. The van der Waals surface area contributed by atoms with Crippen LogP contribution in [0.2, 0.25) is 5.02 Å². The Bertz CT molecular complexity index is 349. The first-order valence-corrected chi connectivity index (χ1v) is 5.44. The van der Waals surface area contributed by atoms with Gasteiger partial charge >= 0.3 is 0 Å². The molecule has 4 nitrogen and oxygen atoms in total. The Morgan fingerprint density at radius 1 is 1.56 bits per heavy atom. The summed E-state index contributed by atoms with van der Waals surface area (Å²) in [6, 6.07) is 5.07. The van der Waals surface area contributed by atoms with Crippen molar-refractivity contribution in [2.24, 2.45) is 0 Å². The monoisotopic (exact) mass is 242 g/mol. The Hall–Kier alpha value is -1.26. The van der Waals surface area contributed by atoms with Crippen LogP contribution in [0.4, 0.5) is 11.4 Å². The average molecular weight is 243 g/mol. The molecule has 0 radical (unpaired) electrons. The molecular weight excluding hydrogens is 228 g/mol. The summed E-state index contributed by atoms with van der Waals surface area (Å²) in [6.07, 6.45) is 0.877. The highest BCUT2D eigenvalue weighted by molar-refractivity contribution is 6.34. The Morgan fingerprint density at radius 2 is 2.31 bits per heavy atom. The SMILES string of the molecule is CCCOCC(=O)Nc1c(N)cccc1Cl. The number of rotatable bonds is 5. The van der Waals surface area contributed by atoms with E-state index in [0.29, 0.717) is 23.0 Å². The molecule has 16 heavy (non-hydrogen) atoms. The highest BCUT2D eigenvalue weighted by Crippen LogP contribution is 2.27. The molecule has 0 atom stereocenters. The number of hydrogen-bond acceptors (Lipinski definition) is 3. The Kier molecular flexibility index (Phi) is 5.08. The maximum atomic E-state index is 11.4. The molecule has 0 heterocycles. The molecule has 0 aliphatic rings. The second-order valence-corrected chi connectivity index (χ2v) is 3.71. The highest BCUT2D eigenvalue weighted by atomic mass is 35.5. The van der Waals surface area contributed by atoms with Gasteiger partial charge in [-0.3, -0.25) is 4.79 Å². The van der Waals surface area contributed by atoms with E-state index in [4.69, 9.17) is 22.1 Å². The van der Waals surface area contributed by atoms with Gasteiger partial charge in [-0.1, -0.05) is 24.6 Å². The van der Waals surface area contributed by atoms with Gasteiger partial charge in [0.15, 0.2) is 0 Å². The number of benzene rings is 1. The summed E-state index contributed by atoms with van der Waals surface area (Å²) in [5, 5.41) is 3.04. The third-order valence-electron chi connectivity index (χ3n) is 1.89. The van der Waals surface area contributed by atoms with E-state index in [2.05, 4.69) is 5.32 Å². The summed E-state index contributed by atoms with van der Waals surface area (Å²) < 4.78 is 5.10. The minimum atomic E-state index is -0.256. The van der Waals surface area contributed by atoms with Crippen molar-refractivity contribution in [1.82, 2.24) is 0 Å². The molecule has 5 heteroatoms. The topological polar surface area (TPSA) is 64.3 Å². The van der Waals surface area contributed by atoms with Crippen LogP contribution >= 0.6 is 11.6 Å². The van der Waals surface area contributed by atoms with E-state index in [1.54, 1.807) is 18.2 Å². The zero-order valence-electron chi connectivity index (χ0n) is 9.13. The third-order valence-corrected chi connectivity index (χ3v) is 2.21. The average Bonchev–Trinajstić information content (AvgIpc) is 2.24. The molecule has 0 saturated carbocycles. The maximum absolute atomic E-state index is 11.4. The number of para-hydroxylation sites is 1. The van der Waals surface area contributed by atoms with Crippen LogP contribution in [0.25, 0.3) is 0 Å². The number of nitrogens with one attached hydrogen (secondary N) is 1. The highest BCUT2D eigenvalue weighted by Gasteiger charge is 2.08. The second-order valence-electron chi connectivity index (χ2n) is 3.30. The maximum Gasteiger partial charge on any atom is 0.250 e. The fourth-order valence-corrected chi connectivity index (χ4v) is 1.39. The van der Waals surface area contributed by atoms with Gasteiger partial charge in [0.1, 0.15) is 6.61 Å². The van der Waals surface area contributed by atoms with Gasteiger partial charge in [-0.25, -0.2) is 0 Å². The lowest BCUT2D eigenvalue weighted by molar-refractivity contribution is -0.120. The van der Waals surface area contributed by atoms with E-state index in [1.807, 2.05) is 6.92 Å². The fraction of sp³-hybridized carbons (Fsp3) is 0.364. The molecule has 3 N–H and O–H groups in total. The van der Waals surface area contributed by atoms with Crippen molar-refractivity contribution in [1.29, 1.82) is 0 Å². The summed E-state index contributed by atoms with van der Waals surface area (Å²) in [5.74, 6) is -0.256. The number of amides is 1. The van der Waals surface area contributed by atoms with Crippen LogP contribution in [0, 0.1) is 0 Å². The van der Waals surface area contributed by atoms with Gasteiger partial charge in [0, 0.05) is 6.61 Å². The lowest BCUT2D eigenvalue weighted by Gasteiger charge is -2.09. The van der Waals surface area contributed by atoms with Crippen molar-refractivity contribution < 1.29 is 9.53 Å². The summed E-state index contributed by atoms with van der Waals surface area (Å²) >= 11 is 5.90. The largest absolute Gasteiger partial charge is 0.397 e. The first-order valence-electron chi connectivity index (χ1n) is 5.06. The summed E-state index contributed by atoms with van der Waals surface area (Å²) in [4.78, 5) is 11.4. The van der Waals surface area contributed by atoms with E-state index >= 15 is 0 Å². The molecule has 0 saturated heterocycles. The number of nitrogens with two attached hydrogens (primary N) is 1. The van der Waals surface area contributed by atoms with Crippen molar-refractivity contribution in [3.63, 3.8) is 0 Å². The molecule has 0 aliphatic carbocycles. The van der Waals surface area contributed by atoms with Crippen molar-refractivity contribution in [3.05, 3.63) is 23.2 Å². The standard InChI is InChI=1S/C11H15ClN2O2/c1-2-6-16-7-10(15)14-11-8(12)4-3-5-9(11)13/h3-5H,2,6-7,13H2,1H3,(H,14,15). The predicted octanol–water partition coefficient (Wildman–Crippen LogP) is 2.29. The van der Waals surface area contributed by atoms with Crippen molar-refractivity contribution in [3.8, 4) is 0 Å². The minimum Gasteiger partial charge on any atom is -0.397 e. The first kappa shape index (κ1) is 12.8. The molecule has 0 spiro atoms. The van der Waals surface area contributed by atoms with Gasteiger partial charge in [-0.05, 0) is 18.6 Å². The van der Waals surface area contributed by atoms with Gasteiger partial charge < -0.3 is 15.8 Å². The summed E-state index contributed by atoms with van der Waals surface area (Å²) in [5.41, 5.74) is 6.56. The van der Waals surface area contributed by atoms with Gasteiger partial charge in [-0.15, -0.1) is 0 Å². The van der Waals surface area contributed by atoms with Gasteiger partial charge in [-0.2, -0.15) is 0 Å². The molecule has 0 unspecified atom stereocenters. The van der Waals surface area contributed by atoms with E-state index in [1.165, 1.54) is 0 Å². The Morgan fingerprint density at radius 3 is 2.94 bits per heavy atom. The number of anilines is 2. The number of carbonyl (C=O) groups excluding carboxylic acids is 1. The molecule has 1 aromatic rings. The van der Waals surface area contributed by atoms with E-state index in [9.17, 15) is 4.79 Å². The van der Waals surface area contributed by atoms with Crippen LogP contribution in [-0.2, 0) is 9.53 Å². The van der Waals surface area contributed by atoms with Crippen LogP contribution in [0.15, 0.2) is 18.2 Å². The molecule has 0 aliphatic heterocycles. The number of hydrogen-bond donors (Lipinski definition) is 2. The Balaban J connectivity index is 2.56. The molecular formula is C11H15ClN2O2. The van der Waals surface area contributed by atoms with E-state index in [-0.39, 0.29) is 12.5 Å². The molecule has 88 valence electrons. The number of carbonyl (C=O) groups is 1. The van der Waals surface area contributed by atoms with Crippen molar-refractivity contribution >= 4 is 28.9 Å². The molecule has 0 fully saturated rings. The first-order chi connectivity index (χ1) is 7.65. The number of nitrogen functional groups attached to an aromatic ring is 1. The van der Waals surface area contributed by atoms with Crippen LogP contribution in [-0.4, -0.2) is 19.1 Å². The molecule has 1 amide bonds. The zero-order valence-corrected chi connectivity index (χ0v) is 9.88. The van der Waals surface area contributed by atoms with Gasteiger partial charge in [0.2, 0.25) is 5.91 Å².